The molecule has 0 amide bonds. The van der Waals surface area contributed by atoms with E-state index in [1.807, 2.05) is 0 Å². The van der Waals surface area contributed by atoms with Crippen LogP contribution in [-0.2, 0) is 13.0 Å². The topological polar surface area (TPSA) is 27.8 Å². The van der Waals surface area contributed by atoms with Gasteiger partial charge in [-0.05, 0) is 18.5 Å². The first-order chi connectivity index (χ1) is 8.11. The molecule has 0 atom stereocenters. The van der Waals surface area contributed by atoms with E-state index in [-0.39, 0.29) is 10.9 Å². The van der Waals surface area contributed by atoms with E-state index in [0.29, 0.717) is 30.8 Å². The quantitative estimate of drug-likeness (QED) is 0.415. The summed E-state index contributed by atoms with van der Waals surface area (Å²) in [6, 6.07) is 0. The van der Waals surface area contributed by atoms with Crippen LogP contribution in [0.2, 0.25) is 0 Å². The highest BCUT2D eigenvalue weighted by Gasteiger charge is 2.26. The highest BCUT2D eigenvalue weighted by molar-refractivity contribution is 5.86. The number of hydrogen-bond acceptors (Lipinski definition) is 1. The average molecular weight is 244 g/mol. The molecule has 1 aliphatic heterocycles. The van der Waals surface area contributed by atoms with Crippen molar-refractivity contribution in [3.8, 4) is 0 Å². The number of nitrogens with one attached hydrogen (secondary N) is 2. The summed E-state index contributed by atoms with van der Waals surface area (Å²) in [6.45, 7) is 1.01. The van der Waals surface area contributed by atoms with E-state index in [0.717, 1.165) is 0 Å². The SMILES string of the molecule is Fc1c(F)c(F)c2c3c([nH]c2c1F)CNCC3. The summed E-state index contributed by atoms with van der Waals surface area (Å²) in [4.78, 5) is 2.61. The van der Waals surface area contributed by atoms with Crippen molar-refractivity contribution in [1.82, 2.24) is 10.3 Å². The lowest BCUT2D eigenvalue weighted by atomic mass is 10.0. The Morgan fingerprint density at radius 3 is 2.35 bits per heavy atom. The van der Waals surface area contributed by atoms with Gasteiger partial charge in [-0.25, -0.2) is 17.6 Å². The van der Waals surface area contributed by atoms with E-state index in [1.165, 1.54) is 0 Å². The monoisotopic (exact) mass is 244 g/mol. The number of H-pyrrole nitrogens is 1. The molecule has 2 nitrogen and oxygen atoms in total. The van der Waals surface area contributed by atoms with Gasteiger partial charge in [0, 0.05) is 17.6 Å². The Morgan fingerprint density at radius 2 is 1.59 bits per heavy atom. The molecule has 6 heteroatoms. The van der Waals surface area contributed by atoms with Gasteiger partial charge in [-0.1, -0.05) is 0 Å². The van der Waals surface area contributed by atoms with Crippen molar-refractivity contribution in [3.05, 3.63) is 34.5 Å². The number of aromatic nitrogens is 1. The van der Waals surface area contributed by atoms with E-state index in [2.05, 4.69) is 10.3 Å². The number of fused-ring (bicyclic) bond motifs is 3. The van der Waals surface area contributed by atoms with Gasteiger partial charge in [0.15, 0.2) is 23.3 Å². The Hall–Kier alpha value is -1.56. The van der Waals surface area contributed by atoms with Crippen LogP contribution in [-0.4, -0.2) is 11.5 Å². The van der Waals surface area contributed by atoms with E-state index in [4.69, 9.17) is 0 Å². The second kappa shape index (κ2) is 3.46. The van der Waals surface area contributed by atoms with Crippen molar-refractivity contribution < 1.29 is 17.6 Å². The summed E-state index contributed by atoms with van der Waals surface area (Å²) in [5, 5.41) is 2.84. The van der Waals surface area contributed by atoms with Gasteiger partial charge in [0.05, 0.1) is 5.52 Å². The van der Waals surface area contributed by atoms with Crippen molar-refractivity contribution >= 4 is 10.9 Å². The number of aromatic amines is 1. The van der Waals surface area contributed by atoms with Crippen LogP contribution in [0.1, 0.15) is 11.3 Å². The van der Waals surface area contributed by atoms with Crippen LogP contribution in [0.15, 0.2) is 0 Å². The van der Waals surface area contributed by atoms with Crippen molar-refractivity contribution in [2.75, 3.05) is 6.54 Å². The lowest BCUT2D eigenvalue weighted by molar-refractivity contribution is 0.417. The van der Waals surface area contributed by atoms with Crippen molar-refractivity contribution in [3.63, 3.8) is 0 Å². The number of hydrogen-bond donors (Lipinski definition) is 2. The first-order valence-corrected chi connectivity index (χ1v) is 5.17. The third-order valence-electron chi connectivity index (χ3n) is 3.06. The lowest BCUT2D eigenvalue weighted by Gasteiger charge is -2.12. The molecule has 2 heterocycles. The molecule has 17 heavy (non-hydrogen) atoms. The summed E-state index contributed by atoms with van der Waals surface area (Å²) >= 11 is 0. The predicted molar refractivity (Wildman–Crippen MR) is 53.5 cm³/mol. The highest BCUT2D eigenvalue weighted by Crippen LogP contribution is 2.32. The zero-order valence-corrected chi connectivity index (χ0v) is 8.63. The second-order valence-electron chi connectivity index (χ2n) is 4.01. The fourth-order valence-corrected chi connectivity index (χ4v) is 2.26. The minimum absolute atomic E-state index is 0.169. The molecule has 1 aromatic heterocycles. The van der Waals surface area contributed by atoms with Gasteiger partial charge in [-0.15, -0.1) is 0 Å². The van der Waals surface area contributed by atoms with Gasteiger partial charge in [0.2, 0.25) is 0 Å². The molecule has 1 aromatic carbocycles. The molecule has 0 saturated heterocycles. The number of benzene rings is 1. The maximum atomic E-state index is 13.6. The molecule has 0 spiro atoms. The van der Waals surface area contributed by atoms with Crippen molar-refractivity contribution in [1.29, 1.82) is 0 Å². The summed E-state index contributed by atoms with van der Waals surface area (Å²) in [6.07, 6.45) is 0.455. The standard InChI is InChI=1S/C11H8F4N2/c12-7-6-4-1-2-16-3-5(4)17-11(6)10(15)9(14)8(7)13/h16-17H,1-3H2. The van der Waals surface area contributed by atoms with Crippen LogP contribution in [0.5, 0.6) is 0 Å². The molecule has 0 unspecified atom stereocenters. The summed E-state index contributed by atoms with van der Waals surface area (Å²) in [5.41, 5.74) is 0.804. The maximum Gasteiger partial charge on any atom is 0.199 e. The highest BCUT2D eigenvalue weighted by atomic mass is 19.2. The maximum absolute atomic E-state index is 13.6. The molecule has 0 radical (unpaired) electrons. The second-order valence-corrected chi connectivity index (χ2v) is 4.01. The van der Waals surface area contributed by atoms with Crippen LogP contribution in [0.25, 0.3) is 10.9 Å². The van der Waals surface area contributed by atoms with E-state index < -0.39 is 23.3 Å². The van der Waals surface area contributed by atoms with Crippen LogP contribution < -0.4 is 5.32 Å². The Labute approximate surface area is 93.6 Å². The zero-order valence-electron chi connectivity index (χ0n) is 8.63. The minimum Gasteiger partial charge on any atom is -0.355 e. The van der Waals surface area contributed by atoms with Crippen LogP contribution in [0, 0.1) is 23.3 Å². The Balaban J connectivity index is 2.46. The fraction of sp³-hybridized carbons (Fsp3) is 0.273. The molecule has 0 fully saturated rings. The van der Waals surface area contributed by atoms with Crippen LogP contribution in [0.4, 0.5) is 17.6 Å². The molecular formula is C11H8F4N2. The molecule has 3 rings (SSSR count). The van der Waals surface area contributed by atoms with Crippen LogP contribution >= 0.6 is 0 Å². The molecule has 0 saturated carbocycles. The van der Waals surface area contributed by atoms with Crippen LogP contribution in [0.3, 0.4) is 0 Å². The summed E-state index contributed by atoms with van der Waals surface area (Å²) in [7, 11) is 0. The molecule has 2 N–H and O–H groups in total. The van der Waals surface area contributed by atoms with Gasteiger partial charge in [0.1, 0.15) is 0 Å². The van der Waals surface area contributed by atoms with Gasteiger partial charge in [-0.2, -0.15) is 0 Å². The molecule has 1 aliphatic rings. The van der Waals surface area contributed by atoms with Gasteiger partial charge in [-0.3, -0.25) is 0 Å². The van der Waals surface area contributed by atoms with Crippen molar-refractivity contribution in [2.45, 2.75) is 13.0 Å². The third kappa shape index (κ3) is 1.30. The average Bonchev–Trinajstić information content (AvgIpc) is 2.73. The third-order valence-corrected chi connectivity index (χ3v) is 3.06. The van der Waals surface area contributed by atoms with Gasteiger partial charge in [0.25, 0.3) is 0 Å². The Morgan fingerprint density at radius 1 is 0.882 bits per heavy atom. The first-order valence-electron chi connectivity index (χ1n) is 5.17. The minimum atomic E-state index is -1.78. The van der Waals surface area contributed by atoms with E-state index in [1.54, 1.807) is 0 Å². The van der Waals surface area contributed by atoms with Crippen molar-refractivity contribution in [2.24, 2.45) is 0 Å². The lowest BCUT2D eigenvalue weighted by Crippen LogP contribution is -2.23. The Bertz CT molecular complexity index is 618. The normalized spacial score (nSPS) is 15.3. The van der Waals surface area contributed by atoms with E-state index in [9.17, 15) is 17.6 Å². The summed E-state index contributed by atoms with van der Waals surface area (Å²) in [5.74, 6) is -6.22. The largest absolute Gasteiger partial charge is 0.355 e. The molecule has 0 bridgehead atoms. The van der Waals surface area contributed by atoms with Gasteiger partial charge < -0.3 is 10.3 Å². The Kier molecular flexibility index (Phi) is 2.16. The smallest absolute Gasteiger partial charge is 0.199 e. The number of halogens is 4. The first kappa shape index (κ1) is 10.6. The summed E-state index contributed by atoms with van der Waals surface area (Å²) < 4.78 is 53.3. The molecular weight excluding hydrogens is 236 g/mol. The predicted octanol–water partition coefficient (Wildman–Crippen LogP) is 2.37. The molecule has 2 aromatic rings. The number of rotatable bonds is 0. The fourth-order valence-electron chi connectivity index (χ4n) is 2.26. The van der Waals surface area contributed by atoms with E-state index >= 15 is 0 Å². The molecule has 0 aliphatic carbocycles. The zero-order chi connectivity index (χ0) is 12.2. The van der Waals surface area contributed by atoms with Gasteiger partial charge >= 0.3 is 0 Å². The molecule has 90 valence electrons.